The lowest BCUT2D eigenvalue weighted by Crippen LogP contribution is -3.14. The Balaban J connectivity index is 1.80. The second-order valence-corrected chi connectivity index (χ2v) is 8.11. The Morgan fingerprint density at radius 2 is 2.12 bits per heavy atom. The van der Waals surface area contributed by atoms with Crippen molar-refractivity contribution in [1.29, 1.82) is 0 Å². The molecule has 1 aliphatic heterocycles. The number of furan rings is 1. The Hall–Kier alpha value is -1.86. The zero-order chi connectivity index (χ0) is 16.8. The number of thiazole rings is 1. The van der Waals surface area contributed by atoms with Gasteiger partial charge in [-0.15, -0.1) is 5.10 Å². The number of fused-ring (bicyclic) bond motifs is 1. The van der Waals surface area contributed by atoms with Crippen molar-refractivity contribution in [1.82, 2.24) is 14.6 Å². The first kappa shape index (κ1) is 15.7. The molecule has 0 bridgehead atoms. The molecule has 3 aromatic rings. The average Bonchev–Trinajstić information content (AvgIpc) is 3.20. The highest BCUT2D eigenvalue weighted by molar-refractivity contribution is 7.17. The number of quaternary nitrogens is 1. The number of aromatic hydroxyl groups is 1. The standard InChI is InChI=1S/C17H22N4O2S/c1-10-7-11(2)9-20(8-10)14(13-5-4-6-23-13)15-16(22)21-17(24-15)18-12(3)19-21/h4-6,10-11,14,22H,7-9H2,1-3H3/p+1/t10-,11+,14-/m1/s1. The molecule has 128 valence electrons. The van der Waals surface area contributed by atoms with Gasteiger partial charge in [0.1, 0.15) is 10.7 Å². The highest BCUT2D eigenvalue weighted by Gasteiger charge is 2.38. The van der Waals surface area contributed by atoms with Gasteiger partial charge >= 0.3 is 0 Å². The lowest BCUT2D eigenvalue weighted by atomic mass is 9.90. The summed E-state index contributed by atoms with van der Waals surface area (Å²) < 4.78 is 7.29. The van der Waals surface area contributed by atoms with E-state index >= 15 is 0 Å². The third-order valence-electron chi connectivity index (χ3n) is 4.83. The summed E-state index contributed by atoms with van der Waals surface area (Å²) in [5, 5.41) is 15.0. The van der Waals surface area contributed by atoms with E-state index in [2.05, 4.69) is 23.9 Å². The van der Waals surface area contributed by atoms with Crippen LogP contribution in [0.5, 0.6) is 5.88 Å². The maximum Gasteiger partial charge on any atom is 0.235 e. The summed E-state index contributed by atoms with van der Waals surface area (Å²) in [7, 11) is 0. The van der Waals surface area contributed by atoms with Gasteiger partial charge in [-0.1, -0.05) is 25.2 Å². The van der Waals surface area contributed by atoms with Gasteiger partial charge in [0.25, 0.3) is 0 Å². The first-order chi connectivity index (χ1) is 11.5. The summed E-state index contributed by atoms with van der Waals surface area (Å²) in [6.07, 6.45) is 2.96. The zero-order valence-corrected chi connectivity index (χ0v) is 15.0. The molecule has 0 aliphatic carbocycles. The lowest BCUT2D eigenvalue weighted by molar-refractivity contribution is -0.937. The van der Waals surface area contributed by atoms with Gasteiger partial charge in [-0.25, -0.2) is 4.98 Å². The van der Waals surface area contributed by atoms with Crippen molar-refractivity contribution >= 4 is 16.3 Å². The van der Waals surface area contributed by atoms with E-state index in [-0.39, 0.29) is 11.9 Å². The number of aromatic nitrogens is 3. The van der Waals surface area contributed by atoms with Crippen LogP contribution in [0.4, 0.5) is 0 Å². The summed E-state index contributed by atoms with van der Waals surface area (Å²) in [6, 6.07) is 3.90. The number of hydrogen-bond acceptors (Lipinski definition) is 5. The lowest BCUT2D eigenvalue weighted by Gasteiger charge is -2.35. The summed E-state index contributed by atoms with van der Waals surface area (Å²) in [5.41, 5.74) is 0. The molecule has 1 aliphatic rings. The molecule has 0 aromatic carbocycles. The summed E-state index contributed by atoms with van der Waals surface area (Å²) in [5.74, 6) is 3.07. The molecule has 4 heterocycles. The topological polar surface area (TPSA) is 68.0 Å². The Bertz CT molecular complexity index is 828. The first-order valence-corrected chi connectivity index (χ1v) is 9.27. The smallest absolute Gasteiger partial charge is 0.235 e. The fourth-order valence-corrected chi connectivity index (χ4v) is 5.24. The van der Waals surface area contributed by atoms with Crippen molar-refractivity contribution in [2.75, 3.05) is 13.1 Å². The molecular weight excluding hydrogens is 324 g/mol. The molecule has 2 N–H and O–H groups in total. The number of piperidine rings is 1. The fraction of sp³-hybridized carbons (Fsp3) is 0.529. The third-order valence-corrected chi connectivity index (χ3v) is 5.91. The molecule has 6 nitrogen and oxygen atoms in total. The van der Waals surface area contributed by atoms with Crippen LogP contribution in [0, 0.1) is 18.8 Å². The van der Waals surface area contributed by atoms with Gasteiger partial charge in [-0.3, -0.25) is 0 Å². The highest BCUT2D eigenvalue weighted by Crippen LogP contribution is 2.35. The molecule has 1 saturated heterocycles. The summed E-state index contributed by atoms with van der Waals surface area (Å²) >= 11 is 1.51. The molecule has 1 unspecified atom stereocenters. The van der Waals surface area contributed by atoms with Crippen LogP contribution in [0.3, 0.4) is 0 Å². The van der Waals surface area contributed by atoms with Crippen LogP contribution >= 0.6 is 11.3 Å². The molecule has 0 amide bonds. The van der Waals surface area contributed by atoms with Crippen molar-refractivity contribution in [2.24, 2.45) is 11.8 Å². The van der Waals surface area contributed by atoms with Crippen molar-refractivity contribution in [3.8, 4) is 5.88 Å². The van der Waals surface area contributed by atoms with Gasteiger partial charge in [-0.2, -0.15) is 4.52 Å². The minimum absolute atomic E-state index is 0.0148. The van der Waals surface area contributed by atoms with Crippen LogP contribution in [-0.2, 0) is 0 Å². The minimum atomic E-state index is -0.0148. The molecule has 1 fully saturated rings. The van der Waals surface area contributed by atoms with Gasteiger partial charge in [-0.05, 0) is 25.5 Å². The second kappa shape index (κ2) is 5.89. The van der Waals surface area contributed by atoms with E-state index in [0.717, 1.165) is 28.7 Å². The van der Waals surface area contributed by atoms with Crippen LogP contribution in [0.2, 0.25) is 0 Å². The van der Waals surface area contributed by atoms with Crippen LogP contribution in [-0.4, -0.2) is 32.8 Å². The van der Waals surface area contributed by atoms with Gasteiger partial charge < -0.3 is 14.4 Å². The fourth-order valence-electron chi connectivity index (χ4n) is 4.08. The van der Waals surface area contributed by atoms with E-state index in [4.69, 9.17) is 4.42 Å². The number of hydrogen-bond donors (Lipinski definition) is 2. The number of rotatable bonds is 3. The van der Waals surface area contributed by atoms with Crippen LogP contribution in [0.1, 0.15) is 42.8 Å². The van der Waals surface area contributed by atoms with E-state index in [1.165, 1.54) is 22.7 Å². The number of likely N-dealkylation sites (tertiary alicyclic amines) is 1. The number of nitrogens with zero attached hydrogens (tertiary/aromatic N) is 3. The van der Waals surface area contributed by atoms with Gasteiger partial charge in [0.15, 0.2) is 11.8 Å². The van der Waals surface area contributed by atoms with Crippen molar-refractivity contribution in [2.45, 2.75) is 33.2 Å². The summed E-state index contributed by atoms with van der Waals surface area (Å²) in [6.45, 7) is 8.59. The molecule has 4 atom stereocenters. The van der Waals surface area contributed by atoms with Crippen molar-refractivity contribution in [3.05, 3.63) is 34.9 Å². The molecule has 4 rings (SSSR count). The largest absolute Gasteiger partial charge is 0.492 e. The van der Waals surface area contributed by atoms with Gasteiger partial charge in [0.2, 0.25) is 10.8 Å². The maximum absolute atomic E-state index is 10.8. The molecule has 24 heavy (non-hydrogen) atoms. The number of aryl methyl sites for hydroxylation is 1. The van der Waals surface area contributed by atoms with E-state index in [1.54, 1.807) is 10.8 Å². The molecule has 3 aromatic heterocycles. The predicted octanol–water partition coefficient (Wildman–Crippen LogP) is 2.05. The Morgan fingerprint density at radius 3 is 2.75 bits per heavy atom. The molecule has 0 radical (unpaired) electrons. The minimum Gasteiger partial charge on any atom is -0.492 e. The molecule has 0 saturated carbocycles. The Labute approximate surface area is 144 Å². The normalized spacial score (nSPS) is 26.0. The van der Waals surface area contributed by atoms with E-state index in [0.29, 0.717) is 17.7 Å². The van der Waals surface area contributed by atoms with Crippen LogP contribution in [0.15, 0.2) is 22.8 Å². The van der Waals surface area contributed by atoms with Crippen molar-refractivity contribution < 1.29 is 14.4 Å². The number of nitrogens with one attached hydrogen (secondary N) is 1. The van der Waals surface area contributed by atoms with Gasteiger partial charge in [0.05, 0.1) is 19.4 Å². The van der Waals surface area contributed by atoms with E-state index < -0.39 is 0 Å². The SMILES string of the molecule is Cc1nc2sc([C@@H](c3ccco3)[NH+]3C[C@H](C)C[C@H](C)C3)c(O)n2n1. The van der Waals surface area contributed by atoms with Crippen LogP contribution < -0.4 is 4.90 Å². The molecule has 0 spiro atoms. The average molecular weight is 347 g/mol. The second-order valence-electron chi connectivity index (χ2n) is 7.10. The summed E-state index contributed by atoms with van der Waals surface area (Å²) in [4.78, 5) is 7.46. The zero-order valence-electron chi connectivity index (χ0n) is 14.2. The third kappa shape index (κ3) is 2.61. The molecular formula is C17H23N4O2S+. The first-order valence-electron chi connectivity index (χ1n) is 8.46. The Kier molecular flexibility index (Phi) is 3.85. The monoisotopic (exact) mass is 347 g/mol. The van der Waals surface area contributed by atoms with E-state index in [1.807, 2.05) is 19.1 Å². The predicted molar refractivity (Wildman–Crippen MR) is 91.5 cm³/mol. The van der Waals surface area contributed by atoms with E-state index in [9.17, 15) is 5.11 Å². The van der Waals surface area contributed by atoms with Gasteiger partial charge in [0, 0.05) is 11.8 Å². The van der Waals surface area contributed by atoms with Crippen molar-refractivity contribution in [3.63, 3.8) is 0 Å². The Morgan fingerprint density at radius 1 is 1.38 bits per heavy atom. The quantitative estimate of drug-likeness (QED) is 0.761. The maximum atomic E-state index is 10.8. The molecule has 7 heteroatoms. The highest BCUT2D eigenvalue weighted by atomic mass is 32.1. The van der Waals surface area contributed by atoms with Crippen LogP contribution in [0.25, 0.3) is 4.96 Å².